The van der Waals surface area contributed by atoms with Gasteiger partial charge in [-0.1, -0.05) is 19.8 Å². The molecule has 0 atom stereocenters. The summed E-state index contributed by atoms with van der Waals surface area (Å²) < 4.78 is 2.59. The van der Waals surface area contributed by atoms with E-state index in [2.05, 4.69) is 33.3 Å². The fourth-order valence-electron chi connectivity index (χ4n) is 2.47. The number of rotatable bonds is 6. The quantitative estimate of drug-likeness (QED) is 0.821. The molecular formula is C13H20BrN3O. The minimum atomic E-state index is 0.125. The standard InChI is InChI=1S/C13H20BrN3O/c1-2-7-17-13(11(14)8-16-17)12(18)9-15-10-5-3-4-6-10/h8,10,15H,2-7,9H2,1H3. The molecule has 0 bridgehead atoms. The molecule has 0 saturated heterocycles. The highest BCUT2D eigenvalue weighted by Gasteiger charge is 2.19. The summed E-state index contributed by atoms with van der Waals surface area (Å²) in [6, 6.07) is 0.523. The Morgan fingerprint density at radius 3 is 2.94 bits per heavy atom. The van der Waals surface area contributed by atoms with Crippen molar-refractivity contribution in [1.82, 2.24) is 15.1 Å². The molecular weight excluding hydrogens is 294 g/mol. The molecule has 2 rings (SSSR count). The van der Waals surface area contributed by atoms with E-state index in [1.165, 1.54) is 25.7 Å². The van der Waals surface area contributed by atoms with Gasteiger partial charge in [0.05, 0.1) is 17.2 Å². The molecule has 1 N–H and O–H groups in total. The Morgan fingerprint density at radius 1 is 1.56 bits per heavy atom. The predicted octanol–water partition coefficient (Wildman–Crippen LogP) is 2.77. The van der Waals surface area contributed by atoms with Gasteiger partial charge in [0.1, 0.15) is 5.69 Å². The summed E-state index contributed by atoms with van der Waals surface area (Å²) in [6.45, 7) is 3.29. The molecule has 0 amide bonds. The first-order valence-corrected chi connectivity index (χ1v) is 7.49. The van der Waals surface area contributed by atoms with Crippen molar-refractivity contribution in [2.75, 3.05) is 6.54 Å². The molecule has 1 fully saturated rings. The van der Waals surface area contributed by atoms with E-state index in [9.17, 15) is 4.79 Å². The van der Waals surface area contributed by atoms with Gasteiger partial charge in [0, 0.05) is 12.6 Å². The van der Waals surface area contributed by atoms with E-state index in [0.29, 0.717) is 18.3 Å². The van der Waals surface area contributed by atoms with E-state index >= 15 is 0 Å². The second kappa shape index (κ2) is 6.48. The normalized spacial score (nSPS) is 16.3. The predicted molar refractivity (Wildman–Crippen MR) is 74.8 cm³/mol. The number of aromatic nitrogens is 2. The van der Waals surface area contributed by atoms with Crippen LogP contribution in [0, 0.1) is 0 Å². The van der Waals surface area contributed by atoms with Gasteiger partial charge in [-0.15, -0.1) is 0 Å². The summed E-state index contributed by atoms with van der Waals surface area (Å²) >= 11 is 3.41. The van der Waals surface area contributed by atoms with Crippen molar-refractivity contribution in [3.8, 4) is 0 Å². The number of hydrogen-bond donors (Lipinski definition) is 1. The van der Waals surface area contributed by atoms with Crippen LogP contribution in [0.2, 0.25) is 0 Å². The Balaban J connectivity index is 1.96. The number of nitrogens with one attached hydrogen (secondary N) is 1. The molecule has 0 aliphatic heterocycles. The lowest BCUT2D eigenvalue weighted by Gasteiger charge is -2.11. The van der Waals surface area contributed by atoms with Gasteiger partial charge in [-0.05, 0) is 35.2 Å². The van der Waals surface area contributed by atoms with E-state index in [1.54, 1.807) is 10.9 Å². The third-order valence-corrected chi connectivity index (χ3v) is 3.98. The van der Waals surface area contributed by atoms with E-state index in [4.69, 9.17) is 0 Å². The van der Waals surface area contributed by atoms with Crippen LogP contribution in [0.15, 0.2) is 10.7 Å². The Morgan fingerprint density at radius 2 is 2.28 bits per heavy atom. The van der Waals surface area contributed by atoms with Gasteiger partial charge >= 0.3 is 0 Å². The number of carbonyl (C=O) groups is 1. The molecule has 0 aromatic carbocycles. The van der Waals surface area contributed by atoms with Gasteiger partial charge in [-0.25, -0.2) is 0 Å². The Labute approximate surface area is 116 Å². The highest BCUT2D eigenvalue weighted by Crippen LogP contribution is 2.19. The molecule has 100 valence electrons. The lowest BCUT2D eigenvalue weighted by atomic mass is 10.2. The highest BCUT2D eigenvalue weighted by molar-refractivity contribution is 9.10. The lowest BCUT2D eigenvalue weighted by molar-refractivity contribution is 0.0976. The van der Waals surface area contributed by atoms with E-state index < -0.39 is 0 Å². The van der Waals surface area contributed by atoms with Crippen LogP contribution >= 0.6 is 15.9 Å². The lowest BCUT2D eigenvalue weighted by Crippen LogP contribution is -2.32. The zero-order valence-corrected chi connectivity index (χ0v) is 12.4. The van der Waals surface area contributed by atoms with Gasteiger partial charge in [0.2, 0.25) is 0 Å². The second-order valence-corrected chi connectivity index (χ2v) is 5.70. The number of aryl methyl sites for hydroxylation is 1. The number of hydrogen-bond acceptors (Lipinski definition) is 3. The molecule has 1 aromatic heterocycles. The number of ketones is 1. The van der Waals surface area contributed by atoms with Crippen molar-refractivity contribution in [1.29, 1.82) is 0 Å². The third-order valence-electron chi connectivity index (χ3n) is 3.40. The van der Waals surface area contributed by atoms with E-state index in [0.717, 1.165) is 17.4 Å². The topological polar surface area (TPSA) is 46.9 Å². The van der Waals surface area contributed by atoms with E-state index in [-0.39, 0.29) is 5.78 Å². The fourth-order valence-corrected chi connectivity index (χ4v) is 2.99. The number of nitrogens with zero attached hydrogens (tertiary/aromatic N) is 2. The van der Waals surface area contributed by atoms with Crippen molar-refractivity contribution >= 4 is 21.7 Å². The smallest absolute Gasteiger partial charge is 0.195 e. The molecule has 0 unspecified atom stereocenters. The van der Waals surface area contributed by atoms with Gasteiger partial charge in [0.25, 0.3) is 0 Å². The molecule has 1 aliphatic rings. The number of halogens is 1. The molecule has 5 heteroatoms. The minimum Gasteiger partial charge on any atom is -0.307 e. The fraction of sp³-hybridized carbons (Fsp3) is 0.692. The van der Waals surface area contributed by atoms with Crippen molar-refractivity contribution < 1.29 is 4.79 Å². The van der Waals surface area contributed by atoms with Crippen LogP contribution in [-0.2, 0) is 6.54 Å². The number of Topliss-reactive ketones (excluding diaryl/α,β-unsaturated/α-hetero) is 1. The molecule has 1 aromatic rings. The van der Waals surface area contributed by atoms with Crippen LogP contribution in [0.25, 0.3) is 0 Å². The molecule has 1 aliphatic carbocycles. The first-order chi connectivity index (χ1) is 8.72. The first kappa shape index (κ1) is 13.7. The summed E-state index contributed by atoms with van der Waals surface area (Å²) in [5.74, 6) is 0.125. The maximum atomic E-state index is 12.2. The zero-order valence-electron chi connectivity index (χ0n) is 10.8. The van der Waals surface area contributed by atoms with Crippen LogP contribution in [0.3, 0.4) is 0 Å². The molecule has 1 heterocycles. The van der Waals surface area contributed by atoms with Crippen LogP contribution in [0.1, 0.15) is 49.5 Å². The molecule has 4 nitrogen and oxygen atoms in total. The Hall–Kier alpha value is -0.680. The largest absolute Gasteiger partial charge is 0.307 e. The second-order valence-electron chi connectivity index (χ2n) is 4.85. The molecule has 1 saturated carbocycles. The third kappa shape index (κ3) is 3.20. The van der Waals surface area contributed by atoms with Crippen molar-refractivity contribution in [3.63, 3.8) is 0 Å². The summed E-state index contributed by atoms with van der Waals surface area (Å²) in [5.41, 5.74) is 0.697. The summed E-state index contributed by atoms with van der Waals surface area (Å²) in [7, 11) is 0. The average Bonchev–Trinajstić information content (AvgIpc) is 2.97. The van der Waals surface area contributed by atoms with Crippen LogP contribution in [0.4, 0.5) is 0 Å². The van der Waals surface area contributed by atoms with Gasteiger partial charge in [-0.2, -0.15) is 5.10 Å². The summed E-state index contributed by atoms with van der Waals surface area (Å²) in [4.78, 5) is 12.2. The first-order valence-electron chi connectivity index (χ1n) is 6.70. The maximum Gasteiger partial charge on any atom is 0.195 e. The van der Waals surface area contributed by atoms with Crippen LogP contribution < -0.4 is 5.32 Å². The van der Waals surface area contributed by atoms with Gasteiger partial charge < -0.3 is 5.32 Å². The summed E-state index contributed by atoms with van der Waals surface area (Å²) in [5, 5.41) is 7.58. The molecule has 18 heavy (non-hydrogen) atoms. The Kier molecular flexibility index (Phi) is 4.95. The SMILES string of the molecule is CCCn1ncc(Br)c1C(=O)CNC1CCCC1. The number of carbonyl (C=O) groups excluding carboxylic acids is 1. The van der Waals surface area contributed by atoms with E-state index in [1.807, 2.05) is 0 Å². The van der Waals surface area contributed by atoms with Gasteiger partial charge in [-0.3, -0.25) is 9.48 Å². The van der Waals surface area contributed by atoms with Gasteiger partial charge in [0.15, 0.2) is 5.78 Å². The molecule has 0 radical (unpaired) electrons. The minimum absolute atomic E-state index is 0.125. The zero-order chi connectivity index (χ0) is 13.0. The average molecular weight is 314 g/mol. The van der Waals surface area contributed by atoms with Crippen molar-refractivity contribution in [2.45, 2.75) is 51.6 Å². The Bertz CT molecular complexity index is 410. The molecule has 0 spiro atoms. The summed E-state index contributed by atoms with van der Waals surface area (Å²) in [6.07, 6.45) is 7.64. The van der Waals surface area contributed by atoms with Crippen molar-refractivity contribution in [3.05, 3.63) is 16.4 Å². The maximum absolute atomic E-state index is 12.2. The van der Waals surface area contributed by atoms with Crippen molar-refractivity contribution in [2.24, 2.45) is 0 Å². The van der Waals surface area contributed by atoms with Crippen LogP contribution in [0.5, 0.6) is 0 Å². The van der Waals surface area contributed by atoms with Crippen LogP contribution in [-0.4, -0.2) is 28.2 Å². The monoisotopic (exact) mass is 313 g/mol. The highest BCUT2D eigenvalue weighted by atomic mass is 79.9.